The number of fused-ring (bicyclic) bond motifs is 3. The molecule has 2 aromatic carbocycles. The number of carbonyl (C=O) groups excluding carboxylic acids is 1. The highest BCUT2D eigenvalue weighted by Crippen LogP contribution is 2.29. The highest BCUT2D eigenvalue weighted by molar-refractivity contribution is 5.86. The fourth-order valence-electron chi connectivity index (χ4n) is 3.85. The van der Waals surface area contributed by atoms with Crippen LogP contribution in [0.4, 0.5) is 0 Å². The number of ether oxygens (including phenoxy) is 1. The van der Waals surface area contributed by atoms with Gasteiger partial charge in [0.05, 0.1) is 0 Å². The van der Waals surface area contributed by atoms with Crippen LogP contribution in [0.3, 0.4) is 0 Å². The minimum atomic E-state index is 0.0462. The number of benzene rings is 2. The largest absolute Gasteiger partial charge is 0.483 e. The molecule has 1 N–H and O–H groups in total. The maximum absolute atomic E-state index is 12.8. The van der Waals surface area contributed by atoms with E-state index in [1.165, 1.54) is 22.2 Å². The molecule has 4 nitrogen and oxygen atoms in total. The quantitative estimate of drug-likeness (QED) is 0.718. The Kier molecular flexibility index (Phi) is 4.88. The SMILES string of the molecule is CC[C@@H](C)c1ccccc1OCC(=O)N1CCc2[nH]c3ccccc3c2C1. The first-order valence-electron chi connectivity index (χ1n) is 9.75. The van der Waals surface area contributed by atoms with E-state index < -0.39 is 0 Å². The molecular formula is C23H26N2O2. The number of aromatic nitrogens is 1. The van der Waals surface area contributed by atoms with E-state index in [9.17, 15) is 4.79 Å². The summed E-state index contributed by atoms with van der Waals surface area (Å²) in [5.74, 6) is 1.29. The summed E-state index contributed by atoms with van der Waals surface area (Å²) in [4.78, 5) is 18.2. The molecule has 1 aliphatic rings. The Balaban J connectivity index is 1.46. The standard InChI is InChI=1S/C23H26N2O2/c1-3-16(2)17-8-5-7-11-22(17)27-15-23(26)25-13-12-21-19(14-25)18-9-4-6-10-20(18)24-21/h4-11,16,24H,3,12-15H2,1-2H3/t16-/m1/s1. The van der Waals surface area contributed by atoms with Crippen molar-refractivity contribution < 1.29 is 9.53 Å². The lowest BCUT2D eigenvalue weighted by Crippen LogP contribution is -2.38. The van der Waals surface area contributed by atoms with Crippen LogP contribution in [0.25, 0.3) is 10.9 Å². The normalized spacial score (nSPS) is 14.8. The summed E-state index contributed by atoms with van der Waals surface area (Å²) >= 11 is 0. The van der Waals surface area contributed by atoms with Crippen molar-refractivity contribution in [3.8, 4) is 5.75 Å². The molecule has 140 valence electrons. The Labute approximate surface area is 160 Å². The van der Waals surface area contributed by atoms with E-state index in [-0.39, 0.29) is 12.5 Å². The summed E-state index contributed by atoms with van der Waals surface area (Å²) in [5.41, 5.74) is 4.81. The van der Waals surface area contributed by atoms with Gasteiger partial charge >= 0.3 is 0 Å². The summed E-state index contributed by atoms with van der Waals surface area (Å²) in [6, 6.07) is 16.3. The third-order valence-electron chi connectivity index (χ3n) is 5.65. The number of rotatable bonds is 5. The molecule has 1 aliphatic heterocycles. The molecule has 0 unspecified atom stereocenters. The summed E-state index contributed by atoms with van der Waals surface area (Å²) in [6.07, 6.45) is 1.91. The minimum absolute atomic E-state index is 0.0462. The molecule has 2 heterocycles. The second-order valence-corrected chi connectivity index (χ2v) is 7.33. The zero-order chi connectivity index (χ0) is 18.8. The van der Waals surface area contributed by atoms with Crippen molar-refractivity contribution in [3.05, 3.63) is 65.4 Å². The van der Waals surface area contributed by atoms with Crippen LogP contribution < -0.4 is 4.74 Å². The van der Waals surface area contributed by atoms with Gasteiger partial charge in [0.1, 0.15) is 5.75 Å². The molecule has 0 fully saturated rings. The van der Waals surface area contributed by atoms with E-state index in [0.29, 0.717) is 12.5 Å². The van der Waals surface area contributed by atoms with E-state index in [1.54, 1.807) is 0 Å². The maximum atomic E-state index is 12.8. The summed E-state index contributed by atoms with van der Waals surface area (Å²) < 4.78 is 5.93. The third-order valence-corrected chi connectivity index (χ3v) is 5.65. The van der Waals surface area contributed by atoms with E-state index in [4.69, 9.17) is 4.74 Å². The van der Waals surface area contributed by atoms with Gasteiger partial charge in [0.25, 0.3) is 5.91 Å². The van der Waals surface area contributed by atoms with Gasteiger partial charge in [0.15, 0.2) is 6.61 Å². The number of hydrogen-bond donors (Lipinski definition) is 1. The van der Waals surface area contributed by atoms with Crippen molar-refractivity contribution in [3.63, 3.8) is 0 Å². The van der Waals surface area contributed by atoms with Crippen LogP contribution in [0.15, 0.2) is 48.5 Å². The zero-order valence-corrected chi connectivity index (χ0v) is 16.0. The predicted molar refractivity (Wildman–Crippen MR) is 108 cm³/mol. The molecule has 4 heteroatoms. The van der Waals surface area contributed by atoms with Crippen LogP contribution in [0.2, 0.25) is 0 Å². The van der Waals surface area contributed by atoms with Crippen LogP contribution >= 0.6 is 0 Å². The first kappa shape index (κ1) is 17.7. The van der Waals surface area contributed by atoms with E-state index >= 15 is 0 Å². The average molecular weight is 362 g/mol. The summed E-state index contributed by atoms with van der Waals surface area (Å²) in [7, 11) is 0. The molecule has 1 aromatic heterocycles. The first-order chi connectivity index (χ1) is 13.2. The second-order valence-electron chi connectivity index (χ2n) is 7.33. The number of nitrogens with zero attached hydrogens (tertiary/aromatic N) is 1. The van der Waals surface area contributed by atoms with E-state index in [0.717, 1.165) is 30.7 Å². The molecule has 1 amide bonds. The molecule has 0 aliphatic carbocycles. The van der Waals surface area contributed by atoms with Gasteiger partial charge in [-0.3, -0.25) is 4.79 Å². The average Bonchev–Trinajstić information content (AvgIpc) is 3.09. The van der Waals surface area contributed by atoms with Gasteiger partial charge in [-0.25, -0.2) is 0 Å². The topological polar surface area (TPSA) is 45.3 Å². The fraction of sp³-hybridized carbons (Fsp3) is 0.348. The summed E-state index contributed by atoms with van der Waals surface area (Å²) in [6.45, 7) is 5.82. The van der Waals surface area contributed by atoms with Crippen LogP contribution in [0.5, 0.6) is 5.75 Å². The van der Waals surface area contributed by atoms with Gasteiger partial charge in [-0.15, -0.1) is 0 Å². The molecule has 0 saturated carbocycles. The zero-order valence-electron chi connectivity index (χ0n) is 16.0. The predicted octanol–water partition coefficient (Wildman–Crippen LogP) is 4.65. The van der Waals surface area contributed by atoms with Gasteiger partial charge in [0.2, 0.25) is 0 Å². The lowest BCUT2D eigenvalue weighted by molar-refractivity contribution is -0.134. The Hall–Kier alpha value is -2.75. The smallest absolute Gasteiger partial charge is 0.260 e. The van der Waals surface area contributed by atoms with Crippen LogP contribution in [-0.4, -0.2) is 28.9 Å². The molecule has 3 aromatic rings. The molecule has 4 rings (SSSR count). The maximum Gasteiger partial charge on any atom is 0.260 e. The van der Waals surface area contributed by atoms with Gasteiger partial charge < -0.3 is 14.6 Å². The van der Waals surface area contributed by atoms with Crippen molar-refractivity contribution in [1.29, 1.82) is 0 Å². The lowest BCUT2D eigenvalue weighted by atomic mass is 9.98. The molecule has 1 atom stereocenters. The van der Waals surface area contributed by atoms with Gasteiger partial charge in [-0.2, -0.15) is 0 Å². The fourth-order valence-corrected chi connectivity index (χ4v) is 3.85. The van der Waals surface area contributed by atoms with Crippen molar-refractivity contribution in [2.24, 2.45) is 0 Å². The minimum Gasteiger partial charge on any atom is -0.483 e. The van der Waals surface area contributed by atoms with Gasteiger partial charge in [-0.05, 0) is 30.0 Å². The molecule has 27 heavy (non-hydrogen) atoms. The first-order valence-corrected chi connectivity index (χ1v) is 9.75. The van der Waals surface area contributed by atoms with Crippen LogP contribution in [-0.2, 0) is 17.8 Å². The molecule has 0 saturated heterocycles. The second kappa shape index (κ2) is 7.47. The van der Waals surface area contributed by atoms with E-state index in [1.807, 2.05) is 35.2 Å². The lowest BCUT2D eigenvalue weighted by Gasteiger charge is -2.27. The highest BCUT2D eigenvalue weighted by atomic mass is 16.5. The highest BCUT2D eigenvalue weighted by Gasteiger charge is 2.24. The monoisotopic (exact) mass is 362 g/mol. The van der Waals surface area contributed by atoms with Crippen LogP contribution in [0.1, 0.15) is 43.0 Å². The van der Waals surface area contributed by atoms with Crippen molar-refractivity contribution in [2.75, 3.05) is 13.2 Å². The van der Waals surface area contributed by atoms with Gasteiger partial charge in [0, 0.05) is 41.7 Å². The number of nitrogens with one attached hydrogen (secondary N) is 1. The number of H-pyrrole nitrogens is 1. The molecule has 0 bridgehead atoms. The molecule has 0 radical (unpaired) electrons. The van der Waals surface area contributed by atoms with E-state index in [2.05, 4.69) is 37.0 Å². The summed E-state index contributed by atoms with van der Waals surface area (Å²) in [5, 5.41) is 1.22. The van der Waals surface area contributed by atoms with Crippen molar-refractivity contribution in [2.45, 2.75) is 39.2 Å². The van der Waals surface area contributed by atoms with Crippen LogP contribution in [0, 0.1) is 0 Å². The number of amides is 1. The number of aromatic amines is 1. The van der Waals surface area contributed by atoms with Crippen molar-refractivity contribution in [1.82, 2.24) is 9.88 Å². The van der Waals surface area contributed by atoms with Crippen molar-refractivity contribution >= 4 is 16.8 Å². The number of para-hydroxylation sites is 2. The third kappa shape index (κ3) is 3.44. The molecular weight excluding hydrogens is 336 g/mol. The number of hydrogen-bond acceptors (Lipinski definition) is 2. The Bertz CT molecular complexity index is 960. The Morgan fingerprint density at radius 1 is 1.19 bits per heavy atom. The Morgan fingerprint density at radius 3 is 2.81 bits per heavy atom. The van der Waals surface area contributed by atoms with Gasteiger partial charge in [-0.1, -0.05) is 50.2 Å². The number of carbonyl (C=O) groups is 1. The molecule has 0 spiro atoms. The Morgan fingerprint density at radius 2 is 1.96 bits per heavy atom.